The largest absolute Gasteiger partial charge is 0.363 e. The van der Waals surface area contributed by atoms with Crippen LogP contribution in [0.1, 0.15) is 27.2 Å². The minimum Gasteiger partial charge on any atom is -0.363 e. The molecule has 0 spiro atoms. The third-order valence-corrected chi connectivity index (χ3v) is 1.96. The van der Waals surface area contributed by atoms with Gasteiger partial charge in [-0.2, -0.15) is 0 Å². The molecule has 0 bridgehead atoms. The van der Waals surface area contributed by atoms with Crippen LogP contribution in [0.5, 0.6) is 0 Å². The first-order valence-corrected chi connectivity index (χ1v) is 4.53. The molecule has 1 N–H and O–H groups in total. The second-order valence-electron chi connectivity index (χ2n) is 3.96. The zero-order valence-electron chi connectivity index (χ0n) is 8.17. The van der Waals surface area contributed by atoms with Crippen molar-refractivity contribution in [3.05, 3.63) is 0 Å². The molecule has 12 heavy (non-hydrogen) atoms. The van der Waals surface area contributed by atoms with Crippen LogP contribution < -0.4 is 5.32 Å². The molecule has 1 rings (SSSR count). The highest BCUT2D eigenvalue weighted by molar-refractivity contribution is 5.85. The average Bonchev–Trinajstić information content (AvgIpc) is 1.93. The van der Waals surface area contributed by atoms with Crippen LogP contribution in [-0.4, -0.2) is 19.4 Å². The Morgan fingerprint density at radius 1 is 1.50 bits per heavy atom. The molecule has 0 aromatic carbocycles. The summed E-state index contributed by atoms with van der Waals surface area (Å²) >= 11 is 0. The molecule has 0 saturated carbocycles. The van der Waals surface area contributed by atoms with Gasteiger partial charge in [-0.1, -0.05) is 20.8 Å². The minimum absolute atomic E-state index is 0. The lowest BCUT2D eigenvalue weighted by molar-refractivity contribution is -0.0337. The Labute approximate surface area is 81.5 Å². The first kappa shape index (κ1) is 12.2. The quantitative estimate of drug-likeness (QED) is 0.725. The van der Waals surface area contributed by atoms with Gasteiger partial charge in [0, 0.05) is 6.54 Å². The smallest absolute Gasteiger partial charge is 0.108 e. The van der Waals surface area contributed by atoms with E-state index in [4.69, 9.17) is 4.74 Å². The van der Waals surface area contributed by atoms with Crippen LogP contribution in [0.4, 0.5) is 0 Å². The van der Waals surface area contributed by atoms with E-state index in [2.05, 4.69) is 26.1 Å². The monoisotopic (exact) mass is 193 g/mol. The average molecular weight is 194 g/mol. The lowest BCUT2D eigenvalue weighted by Gasteiger charge is -2.29. The number of hydrogen-bond acceptors (Lipinski definition) is 2. The van der Waals surface area contributed by atoms with Gasteiger partial charge in [-0.15, -0.1) is 12.4 Å². The molecule has 1 aliphatic rings. The highest BCUT2D eigenvalue weighted by Gasteiger charge is 2.17. The SMILES string of the molecule is CC(C)CC1NCC(C)CO1.Cl. The van der Waals surface area contributed by atoms with Crippen molar-refractivity contribution in [3.8, 4) is 0 Å². The Morgan fingerprint density at radius 2 is 2.17 bits per heavy atom. The molecule has 0 amide bonds. The van der Waals surface area contributed by atoms with Crippen molar-refractivity contribution in [1.82, 2.24) is 5.32 Å². The maximum absolute atomic E-state index is 5.59. The van der Waals surface area contributed by atoms with Crippen LogP contribution in [-0.2, 0) is 4.74 Å². The lowest BCUT2D eigenvalue weighted by atomic mass is 10.1. The van der Waals surface area contributed by atoms with Crippen LogP contribution in [0.2, 0.25) is 0 Å². The summed E-state index contributed by atoms with van der Waals surface area (Å²) in [6.45, 7) is 8.69. The van der Waals surface area contributed by atoms with Crippen molar-refractivity contribution in [2.24, 2.45) is 11.8 Å². The molecule has 2 nitrogen and oxygen atoms in total. The normalized spacial score (nSPS) is 30.0. The first-order chi connectivity index (χ1) is 5.18. The molecule has 1 saturated heterocycles. The van der Waals surface area contributed by atoms with Crippen LogP contribution in [0.25, 0.3) is 0 Å². The summed E-state index contributed by atoms with van der Waals surface area (Å²) in [7, 11) is 0. The van der Waals surface area contributed by atoms with Gasteiger partial charge in [0.05, 0.1) is 6.61 Å². The van der Waals surface area contributed by atoms with Gasteiger partial charge in [-0.3, -0.25) is 5.32 Å². The van der Waals surface area contributed by atoms with Crippen molar-refractivity contribution in [1.29, 1.82) is 0 Å². The number of halogens is 1. The van der Waals surface area contributed by atoms with Crippen molar-refractivity contribution in [2.75, 3.05) is 13.2 Å². The van der Waals surface area contributed by atoms with Crippen LogP contribution in [0.3, 0.4) is 0 Å². The molecule has 1 aliphatic heterocycles. The van der Waals surface area contributed by atoms with E-state index >= 15 is 0 Å². The number of rotatable bonds is 2. The molecule has 3 heteroatoms. The predicted molar refractivity (Wildman–Crippen MR) is 53.6 cm³/mol. The van der Waals surface area contributed by atoms with E-state index in [1.165, 1.54) is 0 Å². The van der Waals surface area contributed by atoms with Gasteiger partial charge in [0.2, 0.25) is 0 Å². The molecule has 1 heterocycles. The Kier molecular flexibility index (Phi) is 5.89. The van der Waals surface area contributed by atoms with E-state index in [1.807, 2.05) is 0 Å². The van der Waals surface area contributed by atoms with Gasteiger partial charge in [0.15, 0.2) is 0 Å². The van der Waals surface area contributed by atoms with Crippen LogP contribution in [0, 0.1) is 11.8 Å². The lowest BCUT2D eigenvalue weighted by Crippen LogP contribution is -2.43. The molecule has 1 fully saturated rings. The number of nitrogens with one attached hydrogen (secondary N) is 1. The summed E-state index contributed by atoms with van der Waals surface area (Å²) < 4.78 is 5.59. The van der Waals surface area contributed by atoms with Gasteiger partial charge in [-0.25, -0.2) is 0 Å². The maximum Gasteiger partial charge on any atom is 0.108 e. The van der Waals surface area contributed by atoms with Crippen molar-refractivity contribution in [3.63, 3.8) is 0 Å². The van der Waals surface area contributed by atoms with E-state index < -0.39 is 0 Å². The summed E-state index contributed by atoms with van der Waals surface area (Å²) in [6.07, 6.45) is 1.44. The van der Waals surface area contributed by atoms with Gasteiger partial charge in [-0.05, 0) is 18.3 Å². The Bertz CT molecular complexity index is 111. The molecule has 2 unspecified atom stereocenters. The summed E-state index contributed by atoms with van der Waals surface area (Å²) in [4.78, 5) is 0. The number of ether oxygens (including phenoxy) is 1. The molecular formula is C9H20ClNO. The fourth-order valence-corrected chi connectivity index (χ4v) is 1.31. The second kappa shape index (κ2) is 5.79. The molecule has 2 atom stereocenters. The van der Waals surface area contributed by atoms with E-state index in [1.54, 1.807) is 0 Å². The van der Waals surface area contributed by atoms with Crippen LogP contribution in [0.15, 0.2) is 0 Å². The Morgan fingerprint density at radius 3 is 2.58 bits per heavy atom. The molecule has 0 aromatic rings. The molecule has 0 aromatic heterocycles. The summed E-state index contributed by atoms with van der Waals surface area (Å²) in [5.74, 6) is 1.40. The molecule has 0 aliphatic carbocycles. The third kappa shape index (κ3) is 4.29. The van der Waals surface area contributed by atoms with E-state index in [0.717, 1.165) is 25.5 Å². The highest BCUT2D eigenvalue weighted by Crippen LogP contribution is 2.11. The number of hydrogen-bond donors (Lipinski definition) is 1. The summed E-state index contributed by atoms with van der Waals surface area (Å²) in [5.41, 5.74) is 0. The van der Waals surface area contributed by atoms with Gasteiger partial charge < -0.3 is 4.74 Å². The van der Waals surface area contributed by atoms with E-state index in [-0.39, 0.29) is 12.4 Å². The third-order valence-electron chi connectivity index (χ3n) is 1.96. The van der Waals surface area contributed by atoms with Gasteiger partial charge >= 0.3 is 0 Å². The van der Waals surface area contributed by atoms with Gasteiger partial charge in [0.1, 0.15) is 6.23 Å². The molecular weight excluding hydrogens is 174 g/mol. The zero-order valence-corrected chi connectivity index (χ0v) is 8.99. The summed E-state index contributed by atoms with van der Waals surface area (Å²) in [6, 6.07) is 0. The standard InChI is InChI=1S/C9H19NO.ClH/c1-7(2)4-9-10-5-8(3)6-11-9;/h7-10H,4-6H2,1-3H3;1H. The summed E-state index contributed by atoms with van der Waals surface area (Å²) in [5, 5.41) is 3.38. The Balaban J connectivity index is 0.00000121. The minimum atomic E-state index is 0. The zero-order chi connectivity index (χ0) is 8.27. The predicted octanol–water partition coefficient (Wildman–Crippen LogP) is 2.04. The molecule has 74 valence electrons. The van der Waals surface area contributed by atoms with Crippen molar-refractivity contribution >= 4 is 12.4 Å². The van der Waals surface area contributed by atoms with Crippen molar-refractivity contribution in [2.45, 2.75) is 33.4 Å². The Hall–Kier alpha value is 0.210. The van der Waals surface area contributed by atoms with Gasteiger partial charge in [0.25, 0.3) is 0 Å². The fourth-order valence-electron chi connectivity index (χ4n) is 1.31. The topological polar surface area (TPSA) is 21.3 Å². The maximum atomic E-state index is 5.59. The highest BCUT2D eigenvalue weighted by atomic mass is 35.5. The molecule has 0 radical (unpaired) electrons. The first-order valence-electron chi connectivity index (χ1n) is 4.53. The van der Waals surface area contributed by atoms with E-state index in [0.29, 0.717) is 12.1 Å². The fraction of sp³-hybridized carbons (Fsp3) is 1.00. The van der Waals surface area contributed by atoms with Crippen LogP contribution >= 0.6 is 12.4 Å². The van der Waals surface area contributed by atoms with Crippen molar-refractivity contribution < 1.29 is 4.74 Å². The van der Waals surface area contributed by atoms with E-state index in [9.17, 15) is 0 Å². The second-order valence-corrected chi connectivity index (χ2v) is 3.96.